The molecule has 0 N–H and O–H groups in total. The van der Waals surface area contributed by atoms with Gasteiger partial charge in [-0.25, -0.2) is 9.97 Å². The van der Waals surface area contributed by atoms with Crippen molar-refractivity contribution in [2.75, 3.05) is 18.1 Å². The summed E-state index contributed by atoms with van der Waals surface area (Å²) in [6.07, 6.45) is 11.0. The summed E-state index contributed by atoms with van der Waals surface area (Å²) in [5.41, 5.74) is 3.67. The van der Waals surface area contributed by atoms with Gasteiger partial charge in [-0.1, -0.05) is 0 Å². The van der Waals surface area contributed by atoms with Gasteiger partial charge in [0.1, 0.15) is 5.82 Å². The summed E-state index contributed by atoms with van der Waals surface area (Å²) >= 11 is 0. The normalized spacial score (nSPS) is 25.6. The summed E-state index contributed by atoms with van der Waals surface area (Å²) < 4.78 is 5.99. The fourth-order valence-electron chi connectivity index (χ4n) is 4.47. The molecular weight excluding hydrogens is 300 g/mol. The molecule has 0 spiro atoms. The van der Waals surface area contributed by atoms with Crippen LogP contribution in [0.3, 0.4) is 0 Å². The van der Waals surface area contributed by atoms with Crippen molar-refractivity contribution in [1.82, 2.24) is 15.0 Å². The summed E-state index contributed by atoms with van der Waals surface area (Å²) in [5, 5.41) is 0. The quantitative estimate of drug-likeness (QED) is 0.851. The molecule has 2 fully saturated rings. The molecule has 0 radical (unpaired) electrons. The first-order valence-corrected chi connectivity index (χ1v) is 9.08. The number of fused-ring (bicyclic) bond motifs is 2. The third kappa shape index (κ3) is 2.30. The first-order chi connectivity index (χ1) is 11.9. The first kappa shape index (κ1) is 14.3. The van der Waals surface area contributed by atoms with Crippen LogP contribution in [0.2, 0.25) is 0 Å². The molecule has 2 unspecified atom stereocenters. The van der Waals surface area contributed by atoms with Crippen molar-refractivity contribution in [3.63, 3.8) is 0 Å². The molecule has 3 aliphatic rings. The highest BCUT2D eigenvalue weighted by Crippen LogP contribution is 2.37. The van der Waals surface area contributed by atoms with Crippen LogP contribution >= 0.6 is 0 Å². The number of hydrogen-bond acceptors (Lipinski definition) is 5. The molecule has 2 aliphatic carbocycles. The average molecular weight is 322 g/mol. The van der Waals surface area contributed by atoms with Gasteiger partial charge >= 0.3 is 0 Å². The lowest BCUT2D eigenvalue weighted by Crippen LogP contribution is -2.49. The van der Waals surface area contributed by atoms with Crippen LogP contribution in [0.1, 0.15) is 36.9 Å². The molecule has 1 aliphatic heterocycles. The molecule has 2 aromatic rings. The number of hydrogen-bond donors (Lipinski definition) is 0. The lowest BCUT2D eigenvalue weighted by Gasteiger charge is -2.39. The Morgan fingerprint density at radius 2 is 1.96 bits per heavy atom. The summed E-state index contributed by atoms with van der Waals surface area (Å²) in [6, 6.07) is 4.49. The highest BCUT2D eigenvalue weighted by molar-refractivity contribution is 5.61. The third-order valence-corrected chi connectivity index (χ3v) is 5.60. The largest absolute Gasteiger partial charge is 0.374 e. The van der Waals surface area contributed by atoms with E-state index in [2.05, 4.69) is 9.88 Å². The monoisotopic (exact) mass is 322 g/mol. The second-order valence-electron chi connectivity index (χ2n) is 6.99. The Bertz CT molecular complexity index is 749. The lowest BCUT2D eigenvalue weighted by molar-refractivity contribution is 0.0252. The summed E-state index contributed by atoms with van der Waals surface area (Å²) in [6.45, 7) is 1.75. The average Bonchev–Trinajstić information content (AvgIpc) is 3.30. The van der Waals surface area contributed by atoms with E-state index in [-0.39, 0.29) is 0 Å². The Labute approximate surface area is 142 Å². The molecular formula is C19H22N4O. The second kappa shape index (κ2) is 5.81. The van der Waals surface area contributed by atoms with E-state index in [0.717, 1.165) is 37.4 Å². The zero-order chi connectivity index (χ0) is 15.9. The number of pyridine rings is 1. The predicted molar refractivity (Wildman–Crippen MR) is 92.0 cm³/mol. The number of ether oxygens (including phenoxy) is 1. The minimum Gasteiger partial charge on any atom is -0.374 e. The van der Waals surface area contributed by atoms with Crippen LogP contribution in [0.25, 0.3) is 11.4 Å². The number of morpholine rings is 1. The van der Waals surface area contributed by atoms with Crippen LogP contribution in [0.15, 0.2) is 24.5 Å². The van der Waals surface area contributed by atoms with E-state index in [1.165, 1.54) is 42.8 Å². The highest BCUT2D eigenvalue weighted by Gasteiger charge is 2.38. The Kier molecular flexibility index (Phi) is 3.47. The molecule has 0 bridgehead atoms. The van der Waals surface area contributed by atoms with Gasteiger partial charge in [-0.2, -0.15) is 0 Å². The van der Waals surface area contributed by atoms with E-state index < -0.39 is 0 Å². The number of anilines is 1. The fraction of sp³-hybridized carbons (Fsp3) is 0.526. The van der Waals surface area contributed by atoms with Crippen LogP contribution in [-0.4, -0.2) is 40.2 Å². The molecule has 1 saturated carbocycles. The van der Waals surface area contributed by atoms with Crippen molar-refractivity contribution in [3.8, 4) is 11.4 Å². The minimum atomic E-state index is 0.384. The molecule has 1 saturated heterocycles. The van der Waals surface area contributed by atoms with Crippen LogP contribution < -0.4 is 4.90 Å². The van der Waals surface area contributed by atoms with Crippen LogP contribution in [0.5, 0.6) is 0 Å². The number of nitrogens with zero attached hydrogens (tertiary/aromatic N) is 4. The zero-order valence-electron chi connectivity index (χ0n) is 13.8. The SMILES string of the molecule is c1cc(-c2nc3c(c(N4CCOC5CCCC54)n2)CCC3)ccn1. The minimum absolute atomic E-state index is 0.384. The van der Waals surface area contributed by atoms with Crippen LogP contribution in [0, 0.1) is 0 Å². The molecule has 124 valence electrons. The highest BCUT2D eigenvalue weighted by atomic mass is 16.5. The molecule has 5 rings (SSSR count). The van der Waals surface area contributed by atoms with Crippen molar-refractivity contribution >= 4 is 5.82 Å². The van der Waals surface area contributed by atoms with Gasteiger partial charge in [-0.3, -0.25) is 4.98 Å². The van der Waals surface area contributed by atoms with Crippen molar-refractivity contribution < 1.29 is 4.74 Å². The molecule has 0 amide bonds. The maximum Gasteiger partial charge on any atom is 0.161 e. The van der Waals surface area contributed by atoms with E-state index in [1.807, 2.05) is 24.5 Å². The number of rotatable bonds is 2. The molecule has 3 heterocycles. The van der Waals surface area contributed by atoms with E-state index >= 15 is 0 Å². The van der Waals surface area contributed by atoms with Crippen LogP contribution in [0.4, 0.5) is 5.82 Å². The van der Waals surface area contributed by atoms with Gasteiger partial charge in [-0.05, 0) is 50.7 Å². The molecule has 5 nitrogen and oxygen atoms in total. The van der Waals surface area contributed by atoms with E-state index in [9.17, 15) is 0 Å². The molecule has 2 atom stereocenters. The van der Waals surface area contributed by atoms with Crippen molar-refractivity contribution in [2.24, 2.45) is 0 Å². The summed E-state index contributed by atoms with van der Waals surface area (Å²) in [5.74, 6) is 2.01. The topological polar surface area (TPSA) is 51.1 Å². The Balaban J connectivity index is 1.61. The van der Waals surface area contributed by atoms with Gasteiger partial charge in [0.2, 0.25) is 0 Å². The van der Waals surface area contributed by atoms with Gasteiger partial charge in [0.05, 0.1) is 18.8 Å². The first-order valence-electron chi connectivity index (χ1n) is 9.08. The predicted octanol–water partition coefficient (Wildman–Crippen LogP) is 2.79. The Morgan fingerprint density at radius 1 is 1.04 bits per heavy atom. The Hall–Kier alpha value is -2.01. The van der Waals surface area contributed by atoms with Gasteiger partial charge in [0, 0.05) is 35.8 Å². The van der Waals surface area contributed by atoms with Crippen molar-refractivity contribution in [2.45, 2.75) is 50.7 Å². The standard InChI is InChI=1S/C19H22N4O/c1-3-14-15(4-1)21-18(13-7-9-20-10-8-13)22-19(14)23-11-12-24-17-6-2-5-16(17)23/h7-10,16-17H,1-6,11-12H2. The maximum atomic E-state index is 5.99. The number of aromatic nitrogens is 3. The smallest absolute Gasteiger partial charge is 0.161 e. The van der Waals surface area contributed by atoms with Gasteiger partial charge in [0.15, 0.2) is 5.82 Å². The molecule has 24 heavy (non-hydrogen) atoms. The van der Waals surface area contributed by atoms with Crippen molar-refractivity contribution in [1.29, 1.82) is 0 Å². The second-order valence-corrected chi connectivity index (χ2v) is 6.99. The van der Waals surface area contributed by atoms with Gasteiger partial charge in [-0.15, -0.1) is 0 Å². The van der Waals surface area contributed by atoms with Gasteiger partial charge < -0.3 is 9.64 Å². The van der Waals surface area contributed by atoms with E-state index in [1.54, 1.807) is 0 Å². The summed E-state index contributed by atoms with van der Waals surface area (Å²) in [7, 11) is 0. The molecule has 2 aromatic heterocycles. The molecule has 5 heteroatoms. The molecule has 0 aromatic carbocycles. The third-order valence-electron chi connectivity index (χ3n) is 5.60. The van der Waals surface area contributed by atoms with Gasteiger partial charge in [0.25, 0.3) is 0 Å². The van der Waals surface area contributed by atoms with E-state index in [0.29, 0.717) is 12.1 Å². The maximum absolute atomic E-state index is 5.99. The van der Waals surface area contributed by atoms with E-state index in [4.69, 9.17) is 14.7 Å². The van der Waals surface area contributed by atoms with Crippen LogP contribution in [-0.2, 0) is 17.6 Å². The zero-order valence-corrected chi connectivity index (χ0v) is 13.8. The fourth-order valence-corrected chi connectivity index (χ4v) is 4.47. The Morgan fingerprint density at radius 3 is 2.88 bits per heavy atom. The summed E-state index contributed by atoms with van der Waals surface area (Å²) in [4.78, 5) is 16.5. The number of aryl methyl sites for hydroxylation is 1. The lowest BCUT2D eigenvalue weighted by atomic mass is 10.1. The van der Waals surface area contributed by atoms with Crippen molar-refractivity contribution in [3.05, 3.63) is 35.8 Å².